The number of rotatable bonds is 5. The van der Waals surface area contributed by atoms with Gasteiger partial charge in [-0.25, -0.2) is 4.98 Å². The van der Waals surface area contributed by atoms with Crippen LogP contribution in [0.2, 0.25) is 0 Å². The zero-order valence-corrected chi connectivity index (χ0v) is 12.3. The highest BCUT2D eigenvalue weighted by molar-refractivity contribution is 7.99. The molecule has 0 amide bonds. The van der Waals surface area contributed by atoms with Crippen LogP contribution >= 0.6 is 11.8 Å². The first kappa shape index (κ1) is 14.6. The Morgan fingerprint density at radius 3 is 2.85 bits per heavy atom. The first-order chi connectivity index (χ1) is 9.69. The van der Waals surface area contributed by atoms with Crippen LogP contribution < -0.4 is 5.32 Å². The van der Waals surface area contributed by atoms with Crippen molar-refractivity contribution >= 4 is 28.5 Å². The zero-order chi connectivity index (χ0) is 14.5. The number of para-hydroxylation sites is 1. The molecule has 1 aromatic heterocycles. The largest absolute Gasteiger partial charge is 0.395 e. The second-order valence-electron chi connectivity index (χ2n) is 4.58. The molecule has 20 heavy (non-hydrogen) atoms. The molecule has 5 heteroatoms. The van der Waals surface area contributed by atoms with Gasteiger partial charge in [-0.15, -0.1) is 0 Å². The molecule has 2 N–H and O–H groups in total. The molecule has 2 rings (SSSR count). The van der Waals surface area contributed by atoms with Gasteiger partial charge in [-0.1, -0.05) is 18.2 Å². The number of fused-ring (bicyclic) bond motifs is 1. The Morgan fingerprint density at radius 2 is 2.20 bits per heavy atom. The molecule has 0 bridgehead atoms. The van der Waals surface area contributed by atoms with Crippen molar-refractivity contribution in [2.45, 2.75) is 18.2 Å². The smallest absolute Gasteiger partial charge is 0.144 e. The van der Waals surface area contributed by atoms with Gasteiger partial charge in [0.2, 0.25) is 0 Å². The Bertz CT molecular complexity index is 635. The lowest BCUT2D eigenvalue weighted by Gasteiger charge is -2.22. The lowest BCUT2D eigenvalue weighted by atomic mass is 10.1. The normalized spacial score (nSPS) is 13.7. The number of nitrogens with zero attached hydrogens (tertiary/aromatic N) is 2. The standard InChI is InChI=1S/C15H17N3OS/c1-10(14(9-19)20-2)17-15-12(8-16)7-11-5-3-4-6-13(11)18-15/h3-7,10,14,19H,9H2,1-2H3,(H,17,18). The van der Waals surface area contributed by atoms with Gasteiger partial charge >= 0.3 is 0 Å². The minimum Gasteiger partial charge on any atom is -0.395 e. The lowest BCUT2D eigenvalue weighted by molar-refractivity contribution is 0.288. The van der Waals surface area contributed by atoms with Crippen LogP contribution in [0.3, 0.4) is 0 Å². The summed E-state index contributed by atoms with van der Waals surface area (Å²) >= 11 is 1.59. The Hall–Kier alpha value is -1.77. The molecule has 104 valence electrons. The summed E-state index contributed by atoms with van der Waals surface area (Å²) in [6.45, 7) is 2.07. The van der Waals surface area contributed by atoms with Gasteiger partial charge in [0.15, 0.2) is 0 Å². The van der Waals surface area contributed by atoms with Crippen molar-refractivity contribution in [1.82, 2.24) is 4.98 Å². The number of benzene rings is 1. The second kappa shape index (κ2) is 6.60. The number of hydrogen-bond donors (Lipinski definition) is 2. The highest BCUT2D eigenvalue weighted by Gasteiger charge is 2.17. The molecule has 2 aromatic rings. The Labute approximate surface area is 122 Å². The van der Waals surface area contributed by atoms with Crippen molar-refractivity contribution in [1.29, 1.82) is 5.26 Å². The van der Waals surface area contributed by atoms with E-state index in [1.165, 1.54) is 0 Å². The summed E-state index contributed by atoms with van der Waals surface area (Å²) in [5, 5.41) is 22.8. The number of nitrogens with one attached hydrogen (secondary N) is 1. The van der Waals surface area contributed by atoms with Crippen molar-refractivity contribution in [3.8, 4) is 6.07 Å². The molecule has 0 saturated carbocycles. The van der Waals surface area contributed by atoms with Crippen LogP contribution in [-0.2, 0) is 0 Å². The number of thioether (sulfide) groups is 1. The van der Waals surface area contributed by atoms with Crippen molar-refractivity contribution in [3.63, 3.8) is 0 Å². The highest BCUT2D eigenvalue weighted by atomic mass is 32.2. The van der Waals surface area contributed by atoms with E-state index in [4.69, 9.17) is 0 Å². The molecule has 0 spiro atoms. The second-order valence-corrected chi connectivity index (χ2v) is 5.66. The molecule has 0 aliphatic carbocycles. The maximum Gasteiger partial charge on any atom is 0.144 e. The third-order valence-corrected chi connectivity index (χ3v) is 4.41. The molecule has 0 radical (unpaired) electrons. The number of anilines is 1. The van der Waals surface area contributed by atoms with Gasteiger partial charge in [0.1, 0.15) is 11.9 Å². The maximum atomic E-state index is 9.33. The minimum absolute atomic E-state index is 0.0239. The summed E-state index contributed by atoms with van der Waals surface area (Å²) in [4.78, 5) is 4.51. The van der Waals surface area contributed by atoms with Crippen LogP contribution in [0.4, 0.5) is 5.82 Å². The summed E-state index contributed by atoms with van der Waals surface area (Å²) in [7, 11) is 0. The molecule has 0 fully saturated rings. The highest BCUT2D eigenvalue weighted by Crippen LogP contribution is 2.22. The molecule has 1 aromatic carbocycles. The SMILES string of the molecule is CSC(CO)C(C)Nc1nc2ccccc2cc1C#N. The van der Waals surface area contributed by atoms with E-state index >= 15 is 0 Å². The Morgan fingerprint density at radius 1 is 1.45 bits per heavy atom. The fraction of sp³-hybridized carbons (Fsp3) is 0.333. The van der Waals surface area contributed by atoms with Gasteiger partial charge in [0.05, 0.1) is 17.7 Å². The van der Waals surface area contributed by atoms with Crippen molar-refractivity contribution in [2.24, 2.45) is 0 Å². The van der Waals surface area contributed by atoms with Crippen LogP contribution in [0.15, 0.2) is 30.3 Å². The number of aromatic nitrogens is 1. The average molecular weight is 287 g/mol. The summed E-state index contributed by atoms with van der Waals surface area (Å²) in [5.41, 5.74) is 1.37. The minimum atomic E-state index is 0.0239. The van der Waals surface area contributed by atoms with E-state index in [2.05, 4.69) is 16.4 Å². The summed E-state index contributed by atoms with van der Waals surface area (Å²) in [6, 6.07) is 11.7. The quantitative estimate of drug-likeness (QED) is 0.884. The van der Waals surface area contributed by atoms with Crippen molar-refractivity contribution in [3.05, 3.63) is 35.9 Å². The van der Waals surface area contributed by atoms with E-state index in [9.17, 15) is 10.4 Å². The number of hydrogen-bond acceptors (Lipinski definition) is 5. The van der Waals surface area contributed by atoms with Crippen LogP contribution in [0, 0.1) is 11.3 Å². The predicted molar refractivity (Wildman–Crippen MR) is 83.9 cm³/mol. The van der Waals surface area contributed by atoms with Crippen molar-refractivity contribution < 1.29 is 5.11 Å². The van der Waals surface area contributed by atoms with Crippen LogP contribution in [0.1, 0.15) is 12.5 Å². The monoisotopic (exact) mass is 287 g/mol. The van der Waals surface area contributed by atoms with Gasteiger partial charge in [-0.05, 0) is 25.3 Å². The number of aliphatic hydroxyl groups excluding tert-OH is 1. The fourth-order valence-corrected chi connectivity index (χ4v) is 2.68. The maximum absolute atomic E-state index is 9.33. The molecule has 0 aliphatic rings. The van der Waals surface area contributed by atoms with E-state index in [0.717, 1.165) is 10.9 Å². The molecule has 2 unspecified atom stereocenters. The van der Waals surface area contributed by atoms with Gasteiger partial charge in [0, 0.05) is 16.7 Å². The third-order valence-electron chi connectivity index (χ3n) is 3.25. The molecule has 2 atom stereocenters. The average Bonchev–Trinajstić information content (AvgIpc) is 2.47. The zero-order valence-electron chi connectivity index (χ0n) is 11.5. The molecule has 4 nitrogen and oxygen atoms in total. The number of nitriles is 1. The van der Waals surface area contributed by atoms with E-state index in [-0.39, 0.29) is 17.9 Å². The molecular formula is C15H17N3OS. The molecule has 1 heterocycles. The van der Waals surface area contributed by atoms with E-state index in [0.29, 0.717) is 11.4 Å². The summed E-state index contributed by atoms with van der Waals surface area (Å²) in [5.74, 6) is 0.575. The predicted octanol–water partition coefficient (Wildman–Crippen LogP) is 2.63. The third kappa shape index (κ3) is 3.03. The number of aliphatic hydroxyl groups is 1. The molecule has 0 saturated heterocycles. The van der Waals surface area contributed by atoms with Gasteiger partial charge < -0.3 is 10.4 Å². The topological polar surface area (TPSA) is 68.9 Å². The first-order valence-electron chi connectivity index (χ1n) is 6.39. The van der Waals surface area contributed by atoms with E-state index in [1.807, 2.05) is 43.5 Å². The van der Waals surface area contributed by atoms with Crippen LogP contribution in [0.25, 0.3) is 10.9 Å². The number of pyridine rings is 1. The molecular weight excluding hydrogens is 270 g/mol. The van der Waals surface area contributed by atoms with E-state index < -0.39 is 0 Å². The lowest BCUT2D eigenvalue weighted by Crippen LogP contribution is -2.31. The first-order valence-corrected chi connectivity index (χ1v) is 7.68. The fourth-order valence-electron chi connectivity index (χ4n) is 2.06. The van der Waals surface area contributed by atoms with Crippen LogP contribution in [0.5, 0.6) is 0 Å². The van der Waals surface area contributed by atoms with E-state index in [1.54, 1.807) is 11.8 Å². The summed E-state index contributed by atoms with van der Waals surface area (Å²) in [6.07, 6.45) is 1.96. The Balaban J connectivity index is 2.35. The van der Waals surface area contributed by atoms with Gasteiger partial charge in [0.25, 0.3) is 0 Å². The summed E-state index contributed by atoms with van der Waals surface area (Å²) < 4.78 is 0. The molecule has 0 aliphatic heterocycles. The van der Waals surface area contributed by atoms with Crippen LogP contribution in [-0.4, -0.2) is 34.2 Å². The van der Waals surface area contributed by atoms with Gasteiger partial charge in [-0.3, -0.25) is 0 Å². The van der Waals surface area contributed by atoms with Gasteiger partial charge in [-0.2, -0.15) is 17.0 Å². The Kier molecular flexibility index (Phi) is 4.83. The van der Waals surface area contributed by atoms with Crippen molar-refractivity contribution in [2.75, 3.05) is 18.2 Å².